The molecule has 1 aliphatic carbocycles. The Balaban J connectivity index is 1.67. The highest BCUT2D eigenvalue weighted by Gasteiger charge is 2.67. The molecule has 0 aromatic carbocycles. The number of hydrogen-bond donors (Lipinski definition) is 2. The minimum absolute atomic E-state index is 0.0112. The molecule has 0 radical (unpaired) electrons. The smallest absolute Gasteiger partial charge is 0.309 e. The molecule has 10 atom stereocenters. The van der Waals surface area contributed by atoms with Crippen molar-refractivity contribution < 1.29 is 34.0 Å². The van der Waals surface area contributed by atoms with Crippen LogP contribution in [0, 0.1) is 23.7 Å². The second-order valence-corrected chi connectivity index (χ2v) is 11.9. The lowest BCUT2D eigenvalue weighted by Gasteiger charge is -2.47. The molecule has 4 fully saturated rings. The van der Waals surface area contributed by atoms with Crippen molar-refractivity contribution in [2.24, 2.45) is 23.7 Å². The first-order valence-corrected chi connectivity index (χ1v) is 13.7. The summed E-state index contributed by atoms with van der Waals surface area (Å²) in [4.78, 5) is 26.2. The van der Waals surface area contributed by atoms with Crippen molar-refractivity contribution in [1.29, 1.82) is 0 Å². The predicted molar refractivity (Wildman–Crippen MR) is 130 cm³/mol. The number of carbonyl (C=O) groups excluding carboxylic acids is 2. The number of unbranched alkanes of at least 4 members (excludes halogenated alkanes) is 4. The quantitative estimate of drug-likeness (QED) is 0.314. The van der Waals surface area contributed by atoms with Gasteiger partial charge in [-0.2, -0.15) is 0 Å². The van der Waals surface area contributed by atoms with Gasteiger partial charge >= 0.3 is 11.9 Å². The number of rotatable bonds is 7. The van der Waals surface area contributed by atoms with Gasteiger partial charge in [0.25, 0.3) is 0 Å². The van der Waals surface area contributed by atoms with Gasteiger partial charge in [-0.3, -0.25) is 9.59 Å². The van der Waals surface area contributed by atoms with Crippen molar-refractivity contribution in [3.63, 3.8) is 0 Å². The number of fused-ring (bicyclic) bond motifs is 2. The lowest BCUT2D eigenvalue weighted by atomic mass is 9.58. The second-order valence-electron chi connectivity index (χ2n) is 11.9. The van der Waals surface area contributed by atoms with Gasteiger partial charge in [0.05, 0.1) is 23.7 Å². The first kappa shape index (κ1) is 26.6. The summed E-state index contributed by atoms with van der Waals surface area (Å²) in [6.45, 7) is 11.8. The van der Waals surface area contributed by atoms with Gasteiger partial charge in [0.2, 0.25) is 0 Å². The molecule has 7 nitrogen and oxygen atoms in total. The Morgan fingerprint density at radius 1 is 1.23 bits per heavy atom. The molecule has 0 aromatic heterocycles. The van der Waals surface area contributed by atoms with Crippen LogP contribution >= 0.6 is 0 Å². The molecule has 3 aliphatic heterocycles. The molecular formula is C28H44O7. The molecule has 4 aliphatic rings. The minimum Gasteiger partial charge on any atom is -0.458 e. The molecule has 4 rings (SSSR count). The number of aliphatic hydroxyl groups is 2. The lowest BCUT2D eigenvalue weighted by Crippen LogP contribution is -2.58. The third-order valence-electron chi connectivity index (χ3n) is 9.35. The number of aliphatic hydroxyl groups excluding tert-OH is 1. The maximum Gasteiger partial charge on any atom is 0.309 e. The highest BCUT2D eigenvalue weighted by atomic mass is 16.6. The molecule has 7 heteroatoms. The maximum atomic E-state index is 13.3. The Labute approximate surface area is 209 Å². The SMILES string of the molecule is C=C1C[C@@H]2O[C@H]3[C@H]4[C@@H](CC[C@@](C)(O)[C@H]42)[C@@H](C)C(=O)O[C@@]3(C)[C@H](OC(=O)CCCCCCC)C[C@@H]1O. The van der Waals surface area contributed by atoms with Crippen molar-refractivity contribution in [3.05, 3.63) is 12.2 Å². The first-order valence-electron chi connectivity index (χ1n) is 13.7. The Kier molecular flexibility index (Phi) is 7.71. The molecule has 3 saturated heterocycles. The summed E-state index contributed by atoms with van der Waals surface area (Å²) in [6, 6.07) is 0. The maximum absolute atomic E-state index is 13.3. The molecule has 0 aromatic rings. The number of esters is 2. The molecule has 0 amide bonds. The molecule has 1 saturated carbocycles. The zero-order valence-corrected chi connectivity index (χ0v) is 21.8. The van der Waals surface area contributed by atoms with Crippen molar-refractivity contribution in [2.45, 2.75) is 128 Å². The number of carbonyl (C=O) groups is 2. The Bertz CT molecular complexity index is 822. The van der Waals surface area contributed by atoms with Crippen LogP contribution in [0.1, 0.15) is 91.9 Å². The van der Waals surface area contributed by atoms with E-state index in [4.69, 9.17) is 14.2 Å². The summed E-state index contributed by atoms with van der Waals surface area (Å²) in [6.07, 6.45) is 4.46. The second kappa shape index (κ2) is 10.1. The minimum atomic E-state index is -1.27. The van der Waals surface area contributed by atoms with E-state index < -0.39 is 29.5 Å². The summed E-state index contributed by atoms with van der Waals surface area (Å²) >= 11 is 0. The van der Waals surface area contributed by atoms with Crippen molar-refractivity contribution >= 4 is 11.9 Å². The van der Waals surface area contributed by atoms with E-state index in [0.29, 0.717) is 24.8 Å². The molecule has 2 N–H and O–H groups in total. The number of ether oxygens (including phenoxy) is 3. The summed E-state index contributed by atoms with van der Waals surface area (Å²) in [5, 5.41) is 22.4. The van der Waals surface area contributed by atoms with E-state index in [0.717, 1.165) is 32.1 Å². The van der Waals surface area contributed by atoms with Crippen LogP contribution in [0.2, 0.25) is 0 Å². The Hall–Kier alpha value is -1.44. The Morgan fingerprint density at radius 3 is 2.66 bits per heavy atom. The van der Waals surface area contributed by atoms with Gasteiger partial charge in [-0.15, -0.1) is 0 Å². The molecule has 2 bridgehead atoms. The molecule has 0 unspecified atom stereocenters. The molecular weight excluding hydrogens is 448 g/mol. The largest absolute Gasteiger partial charge is 0.458 e. The van der Waals surface area contributed by atoms with Crippen LogP contribution in [0.25, 0.3) is 0 Å². The molecule has 198 valence electrons. The zero-order chi connectivity index (χ0) is 25.5. The summed E-state index contributed by atoms with van der Waals surface area (Å²) in [7, 11) is 0. The van der Waals surface area contributed by atoms with E-state index >= 15 is 0 Å². The molecule has 3 heterocycles. The van der Waals surface area contributed by atoms with Crippen molar-refractivity contribution in [1.82, 2.24) is 0 Å². The van der Waals surface area contributed by atoms with E-state index in [9.17, 15) is 19.8 Å². The average molecular weight is 493 g/mol. The van der Waals surface area contributed by atoms with Gasteiger partial charge in [-0.25, -0.2) is 0 Å². The van der Waals surface area contributed by atoms with Crippen LogP contribution < -0.4 is 0 Å². The number of hydrogen-bond acceptors (Lipinski definition) is 7. The average Bonchev–Trinajstić information content (AvgIpc) is 3.16. The zero-order valence-electron chi connectivity index (χ0n) is 21.8. The standard InChI is InChI=1S/C28H44O7/c1-6-7-8-9-10-11-22(30)34-21-15-19(29)16(2)14-20-24-23-18(12-13-27(24,4)32)17(3)26(31)35-28(21,5)25(23)33-20/h17-21,23-25,29,32H,2,6-15H2,1,3-5H3/t17-,18+,19+,20+,21-,23+,24+,25+,27-,28+/m1/s1. The first-order chi connectivity index (χ1) is 16.5. The van der Waals surface area contributed by atoms with Crippen LogP contribution in [0.3, 0.4) is 0 Å². The van der Waals surface area contributed by atoms with Crippen LogP contribution in [0.5, 0.6) is 0 Å². The van der Waals surface area contributed by atoms with Crippen LogP contribution in [-0.4, -0.2) is 57.8 Å². The molecule has 0 spiro atoms. The fraction of sp³-hybridized carbons (Fsp3) is 0.857. The fourth-order valence-corrected chi connectivity index (χ4v) is 7.24. The third-order valence-corrected chi connectivity index (χ3v) is 9.35. The predicted octanol–water partition coefficient (Wildman–Crippen LogP) is 4.08. The topological polar surface area (TPSA) is 102 Å². The van der Waals surface area contributed by atoms with Crippen molar-refractivity contribution in [2.75, 3.05) is 0 Å². The summed E-state index contributed by atoms with van der Waals surface area (Å²) in [5.74, 6) is -1.36. The van der Waals surface area contributed by atoms with E-state index in [1.165, 1.54) is 0 Å². The normalized spacial score (nSPS) is 45.1. The highest BCUT2D eigenvalue weighted by Crippen LogP contribution is 2.59. The van der Waals surface area contributed by atoms with Crippen molar-refractivity contribution in [3.8, 4) is 0 Å². The summed E-state index contributed by atoms with van der Waals surface area (Å²) in [5.41, 5.74) is -1.64. The van der Waals surface area contributed by atoms with E-state index in [-0.39, 0.29) is 54.6 Å². The van der Waals surface area contributed by atoms with E-state index in [1.807, 2.05) is 13.8 Å². The van der Waals surface area contributed by atoms with Gasteiger partial charge < -0.3 is 24.4 Å². The van der Waals surface area contributed by atoms with Gasteiger partial charge in [-0.1, -0.05) is 46.1 Å². The van der Waals surface area contributed by atoms with Gasteiger partial charge in [-0.05, 0) is 51.0 Å². The van der Waals surface area contributed by atoms with Crippen LogP contribution in [-0.2, 0) is 23.8 Å². The van der Waals surface area contributed by atoms with Crippen LogP contribution in [0.4, 0.5) is 0 Å². The third kappa shape index (κ3) is 4.93. The van der Waals surface area contributed by atoms with Crippen LogP contribution in [0.15, 0.2) is 12.2 Å². The molecule has 35 heavy (non-hydrogen) atoms. The van der Waals surface area contributed by atoms with Gasteiger partial charge in [0, 0.05) is 24.7 Å². The summed E-state index contributed by atoms with van der Waals surface area (Å²) < 4.78 is 18.8. The monoisotopic (exact) mass is 492 g/mol. The van der Waals surface area contributed by atoms with Gasteiger partial charge in [0.1, 0.15) is 12.2 Å². The fourth-order valence-electron chi connectivity index (χ4n) is 7.24. The van der Waals surface area contributed by atoms with E-state index in [1.54, 1.807) is 6.92 Å². The van der Waals surface area contributed by atoms with Gasteiger partial charge in [0.15, 0.2) is 5.60 Å². The Morgan fingerprint density at radius 2 is 1.94 bits per heavy atom. The van der Waals surface area contributed by atoms with E-state index in [2.05, 4.69) is 13.5 Å². The highest BCUT2D eigenvalue weighted by molar-refractivity contribution is 5.74. The lowest BCUT2D eigenvalue weighted by molar-refractivity contribution is -0.209.